The van der Waals surface area contributed by atoms with Crippen LogP contribution >= 0.6 is 0 Å². The number of aromatic amines is 1. The lowest BCUT2D eigenvalue weighted by Gasteiger charge is -2.26. The molecule has 2 aliphatic rings. The van der Waals surface area contributed by atoms with Gasteiger partial charge < -0.3 is 33.9 Å². The zero-order valence-electron chi connectivity index (χ0n) is 23.1. The van der Waals surface area contributed by atoms with Crippen molar-refractivity contribution in [3.63, 3.8) is 0 Å². The van der Waals surface area contributed by atoms with Crippen LogP contribution in [0.3, 0.4) is 0 Å². The average molecular weight is 596 g/mol. The fourth-order valence-corrected chi connectivity index (χ4v) is 5.11. The van der Waals surface area contributed by atoms with Gasteiger partial charge in [0.05, 0.1) is 39.0 Å². The molecule has 2 fully saturated rings. The van der Waals surface area contributed by atoms with E-state index in [1.165, 1.54) is 16.8 Å². The predicted octanol–water partition coefficient (Wildman–Crippen LogP) is 1.25. The highest BCUT2D eigenvalue weighted by atomic mass is 16.7. The Morgan fingerprint density at radius 1 is 0.837 bits per heavy atom. The van der Waals surface area contributed by atoms with Crippen LogP contribution in [0.1, 0.15) is 11.1 Å². The van der Waals surface area contributed by atoms with E-state index in [0.29, 0.717) is 0 Å². The summed E-state index contributed by atoms with van der Waals surface area (Å²) >= 11 is 0. The van der Waals surface area contributed by atoms with Crippen LogP contribution in [-0.2, 0) is 43.4 Å². The lowest BCUT2D eigenvalue weighted by Crippen LogP contribution is -2.42. The molecule has 2 aromatic carbocycles. The van der Waals surface area contributed by atoms with E-state index in [4.69, 9.17) is 29.2 Å². The maximum Gasteiger partial charge on any atom is 0.328 e. The Kier molecular flexibility index (Phi) is 10.4. The van der Waals surface area contributed by atoms with Crippen molar-refractivity contribution in [2.24, 2.45) is 5.11 Å². The molecular weight excluding hydrogens is 562 g/mol. The van der Waals surface area contributed by atoms with Crippen molar-refractivity contribution < 1.29 is 33.9 Å². The molecule has 14 heteroatoms. The standard InChI is InChI=1S/C29H33N5O9/c30-33-31-13-20-24(36)25(37)28(43-20)41-17-22-27(40-16-19-9-5-2-6-10-19)26(39-15-18-7-3-1-4-8-18)21(42-22)14-34-12-11-23(35)32-29(34)38/h1-12,20-22,24-28,36-37H,13-17H2,(H,32,35,38)/t20-,21+,22-,24-,25-,26-,27-,28-/m1/s1. The molecule has 0 bridgehead atoms. The van der Waals surface area contributed by atoms with E-state index in [0.717, 1.165) is 11.1 Å². The van der Waals surface area contributed by atoms with E-state index < -0.39 is 60.3 Å². The Morgan fingerprint density at radius 3 is 2.07 bits per heavy atom. The number of nitrogens with one attached hydrogen (secondary N) is 1. The van der Waals surface area contributed by atoms with Crippen molar-refractivity contribution >= 4 is 0 Å². The molecule has 5 rings (SSSR count). The molecule has 3 aromatic rings. The lowest BCUT2D eigenvalue weighted by molar-refractivity contribution is -0.188. The van der Waals surface area contributed by atoms with Gasteiger partial charge in [-0.3, -0.25) is 14.3 Å². The number of aliphatic hydroxyl groups is 2. The van der Waals surface area contributed by atoms with E-state index >= 15 is 0 Å². The molecule has 3 N–H and O–H groups in total. The van der Waals surface area contributed by atoms with Gasteiger partial charge in [0.1, 0.15) is 36.6 Å². The number of benzene rings is 2. The number of aromatic nitrogens is 2. The Bertz CT molecular complexity index is 1480. The maximum absolute atomic E-state index is 12.5. The highest BCUT2D eigenvalue weighted by molar-refractivity contribution is 5.15. The molecule has 0 radical (unpaired) electrons. The summed E-state index contributed by atoms with van der Waals surface area (Å²) in [4.78, 5) is 29.1. The minimum Gasteiger partial charge on any atom is -0.387 e. The maximum atomic E-state index is 12.5. The van der Waals surface area contributed by atoms with Gasteiger partial charge in [0, 0.05) is 17.2 Å². The van der Waals surface area contributed by atoms with Crippen LogP contribution in [0.5, 0.6) is 0 Å². The Balaban J connectivity index is 1.37. The van der Waals surface area contributed by atoms with Gasteiger partial charge in [0.25, 0.3) is 5.56 Å². The van der Waals surface area contributed by atoms with Crippen LogP contribution < -0.4 is 11.2 Å². The van der Waals surface area contributed by atoms with Crippen molar-refractivity contribution in [2.75, 3.05) is 13.2 Å². The third kappa shape index (κ3) is 7.76. The quantitative estimate of drug-likeness (QED) is 0.148. The molecule has 14 nitrogen and oxygen atoms in total. The van der Waals surface area contributed by atoms with Crippen LogP contribution in [0.25, 0.3) is 10.4 Å². The number of ether oxygens (including phenoxy) is 5. The largest absolute Gasteiger partial charge is 0.387 e. The molecular formula is C29H33N5O9. The summed E-state index contributed by atoms with van der Waals surface area (Å²) in [5.74, 6) is 0. The van der Waals surface area contributed by atoms with Crippen molar-refractivity contribution in [3.8, 4) is 0 Å². The molecule has 2 aliphatic heterocycles. The molecule has 2 saturated heterocycles. The van der Waals surface area contributed by atoms with E-state index in [9.17, 15) is 19.8 Å². The Labute approximate surface area is 246 Å². The first-order valence-corrected chi connectivity index (χ1v) is 13.8. The van der Waals surface area contributed by atoms with Gasteiger partial charge in [-0.1, -0.05) is 65.8 Å². The van der Waals surface area contributed by atoms with Gasteiger partial charge in [-0.2, -0.15) is 0 Å². The number of nitrogens with zero attached hydrogens (tertiary/aromatic N) is 4. The number of rotatable bonds is 13. The van der Waals surface area contributed by atoms with E-state index in [2.05, 4.69) is 15.0 Å². The first-order valence-electron chi connectivity index (χ1n) is 13.8. The van der Waals surface area contributed by atoms with Crippen LogP contribution in [0.2, 0.25) is 0 Å². The summed E-state index contributed by atoms with van der Waals surface area (Å²) in [6.45, 7) is 0.221. The summed E-state index contributed by atoms with van der Waals surface area (Å²) in [7, 11) is 0. The lowest BCUT2D eigenvalue weighted by atomic mass is 10.1. The van der Waals surface area contributed by atoms with Gasteiger partial charge in [-0.15, -0.1) is 0 Å². The number of hydrogen-bond acceptors (Lipinski definition) is 10. The van der Waals surface area contributed by atoms with Gasteiger partial charge in [0.15, 0.2) is 6.29 Å². The second-order valence-corrected chi connectivity index (χ2v) is 10.3. The number of azide groups is 1. The molecule has 43 heavy (non-hydrogen) atoms. The van der Waals surface area contributed by atoms with Gasteiger partial charge in [-0.05, 0) is 16.7 Å². The average Bonchev–Trinajstić information content (AvgIpc) is 3.49. The van der Waals surface area contributed by atoms with Crippen LogP contribution in [0.4, 0.5) is 0 Å². The molecule has 3 heterocycles. The number of H-pyrrole nitrogens is 1. The summed E-state index contributed by atoms with van der Waals surface area (Å²) in [6.07, 6.45) is -6.25. The first-order chi connectivity index (χ1) is 20.9. The SMILES string of the molecule is [N-]=[N+]=NC[C@H]1O[C@@H](OC[C@H]2O[C@@H](Cn3ccc(=O)[nH]c3=O)[C@@H](OCc3ccccc3)[C@@H]2OCc2ccccc2)[C@H](O)[C@@H]1O. The highest BCUT2D eigenvalue weighted by Crippen LogP contribution is 2.31. The van der Waals surface area contributed by atoms with Gasteiger partial charge in [-0.25, -0.2) is 4.79 Å². The van der Waals surface area contributed by atoms with Crippen molar-refractivity contribution in [2.45, 2.75) is 68.8 Å². The third-order valence-corrected chi connectivity index (χ3v) is 7.32. The molecule has 0 amide bonds. The van der Waals surface area contributed by atoms with Crippen LogP contribution in [0, 0.1) is 0 Å². The summed E-state index contributed by atoms with van der Waals surface area (Å²) in [6, 6.07) is 20.3. The summed E-state index contributed by atoms with van der Waals surface area (Å²) in [5, 5.41) is 24.2. The van der Waals surface area contributed by atoms with Crippen molar-refractivity contribution in [1.82, 2.24) is 9.55 Å². The monoisotopic (exact) mass is 595 g/mol. The number of hydrogen-bond donors (Lipinski definition) is 3. The summed E-state index contributed by atoms with van der Waals surface area (Å²) in [5.41, 5.74) is 9.33. The minimum atomic E-state index is -1.38. The molecule has 0 aliphatic carbocycles. The zero-order chi connectivity index (χ0) is 30.2. The molecule has 0 unspecified atom stereocenters. The van der Waals surface area contributed by atoms with E-state index in [1.807, 2.05) is 60.7 Å². The Morgan fingerprint density at radius 2 is 1.47 bits per heavy atom. The zero-order valence-corrected chi connectivity index (χ0v) is 23.1. The molecule has 8 atom stereocenters. The first kappa shape index (κ1) is 30.6. The molecule has 228 valence electrons. The summed E-state index contributed by atoms with van der Waals surface area (Å²) < 4.78 is 31.9. The highest BCUT2D eigenvalue weighted by Gasteiger charge is 2.48. The van der Waals surface area contributed by atoms with E-state index in [-0.39, 0.29) is 32.9 Å². The second-order valence-electron chi connectivity index (χ2n) is 10.3. The minimum absolute atomic E-state index is 0.0479. The predicted molar refractivity (Wildman–Crippen MR) is 151 cm³/mol. The fraction of sp³-hybridized carbons (Fsp3) is 0.448. The normalized spacial score (nSPS) is 28.5. The van der Waals surface area contributed by atoms with Crippen molar-refractivity contribution in [3.05, 3.63) is 115 Å². The smallest absolute Gasteiger partial charge is 0.328 e. The van der Waals surface area contributed by atoms with Gasteiger partial charge in [0.2, 0.25) is 0 Å². The molecule has 0 saturated carbocycles. The van der Waals surface area contributed by atoms with E-state index in [1.54, 1.807) is 0 Å². The topological polar surface area (TPSA) is 190 Å². The molecule has 0 spiro atoms. The fourth-order valence-electron chi connectivity index (χ4n) is 5.11. The van der Waals surface area contributed by atoms with Crippen LogP contribution in [0.15, 0.2) is 87.6 Å². The van der Waals surface area contributed by atoms with Crippen LogP contribution in [-0.4, -0.2) is 81.9 Å². The number of aliphatic hydroxyl groups excluding tert-OH is 2. The molecule has 1 aromatic heterocycles. The van der Waals surface area contributed by atoms with Gasteiger partial charge >= 0.3 is 5.69 Å². The van der Waals surface area contributed by atoms with Crippen molar-refractivity contribution in [1.29, 1.82) is 0 Å². The second kappa shape index (κ2) is 14.6. The third-order valence-electron chi connectivity index (χ3n) is 7.32. The Hall–Kier alpha value is -3.85.